The van der Waals surface area contributed by atoms with Crippen LogP contribution in [-0.2, 0) is 0 Å². The van der Waals surface area contributed by atoms with Crippen LogP contribution in [0.4, 0.5) is 10.6 Å². The van der Waals surface area contributed by atoms with Crippen LogP contribution in [0, 0.1) is 0 Å². The average Bonchev–Trinajstić information content (AvgIpc) is 3.68. The van der Waals surface area contributed by atoms with Gasteiger partial charge in [-0.05, 0) is 0 Å². The molecule has 0 spiro atoms. The van der Waals surface area contributed by atoms with Crippen LogP contribution in [0.5, 0.6) is 0 Å². The number of benzene rings is 1. The van der Waals surface area contributed by atoms with E-state index >= 15 is 0 Å². The number of likely N-dealkylation sites (tertiary alicyclic amines) is 1. The summed E-state index contributed by atoms with van der Waals surface area (Å²) in [6.45, 7) is 8.40. The van der Waals surface area contributed by atoms with Gasteiger partial charge >= 0.3 is 251 Å². The first-order valence-electron chi connectivity index (χ1n) is 15.6. The van der Waals surface area contributed by atoms with Gasteiger partial charge in [0.15, 0.2) is 0 Å². The van der Waals surface area contributed by atoms with Gasteiger partial charge in [0.2, 0.25) is 0 Å². The molecular weight excluding hydrogens is 577 g/mol. The molecule has 2 aromatic rings. The molecule has 41 heavy (non-hydrogen) atoms. The number of anilines is 1. The fourth-order valence-corrected chi connectivity index (χ4v) is 9.57. The third kappa shape index (κ3) is 6.26. The Hall–Kier alpha value is -2.64. The Morgan fingerprint density at radius 3 is 2.37 bits per heavy atom. The molecule has 4 heterocycles. The first-order valence-corrected chi connectivity index (χ1v) is 17.7. The summed E-state index contributed by atoms with van der Waals surface area (Å²) in [4.78, 5) is 43.5. The van der Waals surface area contributed by atoms with Gasteiger partial charge in [-0.1, -0.05) is 0 Å². The second-order valence-corrected chi connectivity index (χ2v) is 14.8. The summed E-state index contributed by atoms with van der Waals surface area (Å²) in [6.07, 6.45) is 11.7. The molecule has 4 fully saturated rings. The van der Waals surface area contributed by atoms with E-state index in [9.17, 15) is 9.59 Å². The summed E-state index contributed by atoms with van der Waals surface area (Å²) >= 11 is -0.897. The van der Waals surface area contributed by atoms with E-state index in [2.05, 4.69) is 39.0 Å². The van der Waals surface area contributed by atoms with Crippen molar-refractivity contribution in [3.63, 3.8) is 0 Å². The predicted octanol–water partition coefficient (Wildman–Crippen LogP) is 1.81. The Balaban J connectivity index is 1.12. The number of nitrogens with zero attached hydrogens (tertiary/aromatic N) is 6. The molecule has 0 radical (unpaired) electrons. The number of likely N-dealkylation sites (N-methyl/N-ethyl adjacent to an activating group) is 1. The zero-order valence-electron chi connectivity index (χ0n) is 24.3. The van der Waals surface area contributed by atoms with Gasteiger partial charge in [-0.2, -0.15) is 0 Å². The zero-order chi connectivity index (χ0) is 28.3. The molecule has 3 amide bonds. The van der Waals surface area contributed by atoms with Crippen LogP contribution in [0.1, 0.15) is 80.3 Å². The number of hydrogen-bond donors (Lipinski definition) is 1. The van der Waals surface area contributed by atoms with Crippen molar-refractivity contribution >= 4 is 42.3 Å². The average molecular weight is 622 g/mol. The van der Waals surface area contributed by atoms with Crippen LogP contribution in [-0.4, -0.2) is 110 Å². The van der Waals surface area contributed by atoms with Gasteiger partial charge in [-0.25, -0.2) is 0 Å². The fourth-order valence-electron chi connectivity index (χ4n) is 7.29. The van der Waals surface area contributed by atoms with Crippen molar-refractivity contribution < 1.29 is 9.59 Å². The van der Waals surface area contributed by atoms with Crippen molar-refractivity contribution in [1.29, 1.82) is 0 Å². The molecule has 3 aliphatic heterocycles. The molecule has 9 nitrogen and oxygen atoms in total. The minimum absolute atomic E-state index is 0.143. The van der Waals surface area contributed by atoms with E-state index in [-0.39, 0.29) is 12.1 Å². The van der Waals surface area contributed by atoms with Crippen LogP contribution in [0.3, 0.4) is 0 Å². The van der Waals surface area contributed by atoms with Crippen molar-refractivity contribution in [3.05, 3.63) is 41.7 Å². The van der Waals surface area contributed by atoms with E-state index in [1.807, 2.05) is 16.7 Å². The summed E-state index contributed by atoms with van der Waals surface area (Å²) in [6, 6.07) is 10.2. The standard InChI is InChI=1S/C31H44AsN7O2/c1-2-36-18-19-39(31(36)41)26-8-5-15-38(21-26)27-20-34-28(30(33)40)29(35-27)32-24-11-9-22(10-12-24)23-13-16-37(17-14-23)25-6-3-4-7-25/h9-12,20,23,25-26,32H,2-8,13-19,21H2,1H3,(H2,33,40)/t26-/m1/s1. The number of piperidine rings is 2. The summed E-state index contributed by atoms with van der Waals surface area (Å²) < 4.78 is 1.97. The Morgan fingerprint density at radius 2 is 1.68 bits per heavy atom. The van der Waals surface area contributed by atoms with Gasteiger partial charge in [0.1, 0.15) is 0 Å². The number of amides is 3. The quantitative estimate of drug-likeness (QED) is 0.452. The van der Waals surface area contributed by atoms with E-state index in [0.717, 1.165) is 61.9 Å². The molecule has 6 rings (SSSR count). The Morgan fingerprint density at radius 1 is 0.951 bits per heavy atom. The van der Waals surface area contributed by atoms with Crippen LogP contribution < -0.4 is 19.5 Å². The summed E-state index contributed by atoms with van der Waals surface area (Å²) in [5, 5.41) is 0. The van der Waals surface area contributed by atoms with E-state index < -0.39 is 21.7 Å². The van der Waals surface area contributed by atoms with Gasteiger partial charge in [-0.3, -0.25) is 0 Å². The molecule has 1 unspecified atom stereocenters. The van der Waals surface area contributed by atoms with Crippen LogP contribution in [0.15, 0.2) is 30.5 Å². The first-order chi connectivity index (χ1) is 20.0. The zero-order valence-corrected chi connectivity index (χ0v) is 26.4. The third-order valence-corrected chi connectivity index (χ3v) is 12.2. The number of hydrogen-bond acceptors (Lipinski definition) is 6. The summed E-state index contributed by atoms with van der Waals surface area (Å²) in [7, 11) is 0. The summed E-state index contributed by atoms with van der Waals surface area (Å²) in [5.41, 5.74) is 7.45. The molecule has 220 valence electrons. The van der Waals surface area contributed by atoms with Gasteiger partial charge in [0.25, 0.3) is 0 Å². The number of carbonyl (C=O) groups excluding carboxylic acids is 2. The topological polar surface area (TPSA) is 98.9 Å². The molecule has 10 heteroatoms. The van der Waals surface area contributed by atoms with Gasteiger partial charge < -0.3 is 0 Å². The van der Waals surface area contributed by atoms with E-state index in [4.69, 9.17) is 10.7 Å². The number of carbonyl (C=O) groups is 2. The van der Waals surface area contributed by atoms with Gasteiger partial charge in [0.05, 0.1) is 0 Å². The van der Waals surface area contributed by atoms with Crippen molar-refractivity contribution in [1.82, 2.24) is 24.7 Å². The molecule has 0 bridgehead atoms. The van der Waals surface area contributed by atoms with Crippen molar-refractivity contribution in [3.8, 4) is 0 Å². The number of rotatable bonds is 8. The van der Waals surface area contributed by atoms with E-state index in [1.54, 1.807) is 6.20 Å². The molecule has 2 atom stereocenters. The number of urea groups is 1. The molecule has 4 aliphatic rings. The molecule has 1 saturated carbocycles. The minimum atomic E-state index is -0.897. The number of nitrogens with two attached hydrogens (primary N) is 1. The van der Waals surface area contributed by atoms with Gasteiger partial charge in [0, 0.05) is 0 Å². The normalized spacial score (nSPS) is 23.4. The first kappa shape index (κ1) is 28.5. The van der Waals surface area contributed by atoms with E-state index in [1.165, 1.54) is 61.5 Å². The Labute approximate surface area is 250 Å². The Bertz CT molecular complexity index is 1230. The predicted molar refractivity (Wildman–Crippen MR) is 164 cm³/mol. The molecule has 1 aromatic carbocycles. The summed E-state index contributed by atoms with van der Waals surface area (Å²) in [5.74, 6) is 0.889. The van der Waals surface area contributed by atoms with Crippen LogP contribution in [0.2, 0.25) is 0 Å². The molecule has 1 aromatic heterocycles. The monoisotopic (exact) mass is 621 g/mol. The maximum absolute atomic E-state index is 12.8. The van der Waals surface area contributed by atoms with Crippen LogP contribution >= 0.6 is 0 Å². The van der Waals surface area contributed by atoms with Crippen LogP contribution in [0.25, 0.3) is 0 Å². The number of primary amides is 1. The second kappa shape index (κ2) is 12.7. The van der Waals surface area contributed by atoms with Gasteiger partial charge in [-0.15, -0.1) is 0 Å². The molecule has 2 N–H and O–H groups in total. The Kier molecular flexibility index (Phi) is 8.82. The number of aromatic nitrogens is 2. The SMILES string of the molecule is CCN1CCN([C@@H]2CCCN(c3cnc(C(N)=O)c([AsH]c4ccc(C5CCN(C6CCCC6)CC5)cc4)n3)C2)C1=O. The van der Waals surface area contributed by atoms with Crippen molar-refractivity contribution in [2.24, 2.45) is 5.73 Å². The second-order valence-electron chi connectivity index (χ2n) is 12.1. The molecule has 1 aliphatic carbocycles. The molecular formula is C31H44AsN7O2. The van der Waals surface area contributed by atoms with E-state index in [0.29, 0.717) is 11.6 Å². The fraction of sp³-hybridized carbons (Fsp3) is 0.613. The maximum atomic E-state index is 12.8. The van der Waals surface area contributed by atoms with Crippen molar-refractivity contribution in [2.75, 3.05) is 50.7 Å². The third-order valence-electron chi connectivity index (χ3n) is 9.68. The van der Waals surface area contributed by atoms with Crippen molar-refractivity contribution in [2.45, 2.75) is 76.3 Å². The molecule has 3 saturated heterocycles.